The molecule has 0 aliphatic carbocycles. The van der Waals surface area contributed by atoms with E-state index in [-0.39, 0.29) is 40.4 Å². The van der Waals surface area contributed by atoms with Gasteiger partial charge in [0.05, 0.1) is 5.02 Å². The van der Waals surface area contributed by atoms with Gasteiger partial charge in [0.2, 0.25) is 15.9 Å². The summed E-state index contributed by atoms with van der Waals surface area (Å²) in [5.41, 5.74) is 0.183. The van der Waals surface area contributed by atoms with E-state index in [1.54, 1.807) is 6.07 Å². The van der Waals surface area contributed by atoms with Crippen LogP contribution in [0.5, 0.6) is 0 Å². The zero-order valence-corrected chi connectivity index (χ0v) is 14.7. The van der Waals surface area contributed by atoms with Crippen LogP contribution in [-0.4, -0.2) is 37.0 Å². The van der Waals surface area contributed by atoms with Gasteiger partial charge in [-0.2, -0.15) is 4.31 Å². The Hall–Kier alpha value is -1.18. The van der Waals surface area contributed by atoms with Crippen LogP contribution >= 0.6 is 11.6 Å². The van der Waals surface area contributed by atoms with Gasteiger partial charge >= 0.3 is 0 Å². The third kappa shape index (κ3) is 2.86. The van der Waals surface area contributed by atoms with Crippen LogP contribution in [0.15, 0.2) is 21.4 Å². The first-order chi connectivity index (χ1) is 10.6. The van der Waals surface area contributed by atoms with Crippen molar-refractivity contribution in [3.63, 3.8) is 0 Å². The highest BCUT2D eigenvalue weighted by molar-refractivity contribution is 7.89. The summed E-state index contributed by atoms with van der Waals surface area (Å²) < 4.78 is 46.0. The third-order valence-electron chi connectivity index (χ3n) is 3.80. The van der Waals surface area contributed by atoms with Gasteiger partial charge in [-0.3, -0.25) is 0 Å². The van der Waals surface area contributed by atoms with Gasteiger partial charge in [0.25, 0.3) is 0 Å². The maximum atomic E-state index is 13.4. The molecule has 2 heterocycles. The molecular weight excluding hydrogens is 343 g/mol. The van der Waals surface area contributed by atoms with Crippen molar-refractivity contribution >= 4 is 32.7 Å². The van der Waals surface area contributed by atoms with Crippen molar-refractivity contribution in [2.75, 3.05) is 13.1 Å². The first-order valence-corrected chi connectivity index (χ1v) is 9.16. The Morgan fingerprint density at radius 2 is 2.09 bits per heavy atom. The SMILES string of the molecule is CC(C)(C)c1nc2ccc(Cl)c(S(=O)(=O)N3CC[C@@H](F)C3)c2o1. The summed E-state index contributed by atoms with van der Waals surface area (Å²) in [7, 11) is -3.93. The molecule has 0 amide bonds. The topological polar surface area (TPSA) is 63.4 Å². The second-order valence-electron chi connectivity index (χ2n) is 6.74. The maximum Gasteiger partial charge on any atom is 0.248 e. The van der Waals surface area contributed by atoms with Crippen molar-refractivity contribution < 1.29 is 17.2 Å². The van der Waals surface area contributed by atoms with Crippen molar-refractivity contribution in [1.29, 1.82) is 0 Å². The lowest BCUT2D eigenvalue weighted by Crippen LogP contribution is -2.29. The zero-order valence-electron chi connectivity index (χ0n) is 13.1. The highest BCUT2D eigenvalue weighted by Crippen LogP contribution is 2.36. The van der Waals surface area contributed by atoms with E-state index in [0.29, 0.717) is 11.4 Å². The molecule has 1 atom stereocenters. The number of sulfonamides is 1. The number of aromatic nitrogens is 1. The lowest BCUT2D eigenvalue weighted by molar-refractivity contribution is 0.343. The smallest absolute Gasteiger partial charge is 0.248 e. The molecule has 8 heteroatoms. The molecule has 1 aliphatic heterocycles. The molecule has 5 nitrogen and oxygen atoms in total. The molecule has 23 heavy (non-hydrogen) atoms. The molecule has 1 fully saturated rings. The molecule has 0 unspecified atom stereocenters. The van der Waals surface area contributed by atoms with Crippen molar-refractivity contribution in [2.45, 2.75) is 43.7 Å². The molecule has 3 rings (SSSR count). The molecule has 0 spiro atoms. The number of nitrogens with zero attached hydrogens (tertiary/aromatic N) is 2. The molecule has 1 saturated heterocycles. The average Bonchev–Trinajstić information content (AvgIpc) is 3.03. The normalized spacial score (nSPS) is 20.5. The monoisotopic (exact) mass is 360 g/mol. The Morgan fingerprint density at radius 3 is 2.65 bits per heavy atom. The van der Waals surface area contributed by atoms with Crippen LogP contribution in [0.4, 0.5) is 4.39 Å². The van der Waals surface area contributed by atoms with Gasteiger partial charge in [0.1, 0.15) is 16.6 Å². The standard InChI is InChI=1S/C15H18ClFN2O3S/c1-15(2,3)14-18-11-5-4-10(16)13(12(11)22-14)23(20,21)19-7-6-9(17)8-19/h4-5,9H,6-8H2,1-3H3/t9-/m1/s1. The van der Waals surface area contributed by atoms with E-state index in [9.17, 15) is 12.8 Å². The predicted octanol–water partition coefficient (Wildman–Crippen LogP) is 3.51. The number of fused-ring (bicyclic) bond motifs is 1. The van der Waals surface area contributed by atoms with E-state index in [1.165, 1.54) is 6.07 Å². The number of hydrogen-bond donors (Lipinski definition) is 0. The summed E-state index contributed by atoms with van der Waals surface area (Å²) in [4.78, 5) is 4.23. The molecule has 126 valence electrons. The Morgan fingerprint density at radius 1 is 1.39 bits per heavy atom. The average molecular weight is 361 g/mol. The number of rotatable bonds is 2. The second kappa shape index (κ2) is 5.43. The Balaban J connectivity index is 2.20. The lowest BCUT2D eigenvalue weighted by Gasteiger charge is -2.16. The molecule has 0 saturated carbocycles. The summed E-state index contributed by atoms with van der Waals surface area (Å²) in [6, 6.07) is 3.10. The van der Waals surface area contributed by atoms with Crippen LogP contribution in [0.3, 0.4) is 0 Å². The highest BCUT2D eigenvalue weighted by atomic mass is 35.5. The molecule has 0 N–H and O–H groups in total. The fourth-order valence-corrected chi connectivity index (χ4v) is 4.64. The number of oxazole rings is 1. The molecule has 1 aromatic carbocycles. The van der Waals surface area contributed by atoms with Crippen molar-refractivity contribution in [1.82, 2.24) is 9.29 Å². The first kappa shape index (κ1) is 16.7. The van der Waals surface area contributed by atoms with Crippen LogP contribution in [0, 0.1) is 0 Å². The minimum atomic E-state index is -3.93. The van der Waals surface area contributed by atoms with Gasteiger partial charge in [0.15, 0.2) is 5.58 Å². The van der Waals surface area contributed by atoms with Gasteiger partial charge in [-0.15, -0.1) is 0 Å². The van der Waals surface area contributed by atoms with Crippen LogP contribution in [0.2, 0.25) is 5.02 Å². The molecule has 0 radical (unpaired) electrons. The second-order valence-corrected chi connectivity index (χ2v) is 9.02. The van der Waals surface area contributed by atoms with E-state index in [0.717, 1.165) is 4.31 Å². The molecule has 2 aromatic rings. The lowest BCUT2D eigenvalue weighted by atomic mass is 9.97. The molecule has 1 aliphatic rings. The van der Waals surface area contributed by atoms with Crippen molar-refractivity contribution in [3.8, 4) is 0 Å². The fourth-order valence-electron chi connectivity index (χ4n) is 2.54. The summed E-state index contributed by atoms with van der Waals surface area (Å²) in [5.74, 6) is 0.427. The Labute approximate surface area is 139 Å². The largest absolute Gasteiger partial charge is 0.439 e. The van der Waals surface area contributed by atoms with Crippen LogP contribution < -0.4 is 0 Å². The first-order valence-electron chi connectivity index (χ1n) is 7.34. The van der Waals surface area contributed by atoms with Crippen molar-refractivity contribution in [3.05, 3.63) is 23.0 Å². The maximum absolute atomic E-state index is 13.4. The minimum Gasteiger partial charge on any atom is -0.439 e. The van der Waals surface area contributed by atoms with Crippen LogP contribution in [0.25, 0.3) is 11.1 Å². The highest BCUT2D eigenvalue weighted by Gasteiger charge is 2.36. The van der Waals surface area contributed by atoms with Gasteiger partial charge in [-0.05, 0) is 18.6 Å². The summed E-state index contributed by atoms with van der Waals surface area (Å²) in [6.45, 7) is 5.73. The van der Waals surface area contributed by atoms with E-state index < -0.39 is 16.2 Å². The van der Waals surface area contributed by atoms with Gasteiger partial charge < -0.3 is 4.42 Å². The zero-order chi connectivity index (χ0) is 17.0. The van der Waals surface area contributed by atoms with Gasteiger partial charge in [-0.1, -0.05) is 32.4 Å². The van der Waals surface area contributed by atoms with E-state index in [4.69, 9.17) is 16.0 Å². The Bertz CT molecular complexity index is 857. The molecule has 0 bridgehead atoms. The van der Waals surface area contributed by atoms with Gasteiger partial charge in [-0.25, -0.2) is 17.8 Å². The number of benzene rings is 1. The fraction of sp³-hybridized carbons (Fsp3) is 0.533. The number of halogens is 2. The van der Waals surface area contributed by atoms with Gasteiger partial charge in [0, 0.05) is 18.5 Å². The van der Waals surface area contributed by atoms with E-state index in [2.05, 4.69) is 4.98 Å². The summed E-state index contributed by atoms with van der Waals surface area (Å²) >= 11 is 6.14. The quantitative estimate of drug-likeness (QED) is 0.822. The Kier molecular flexibility index (Phi) is 3.93. The predicted molar refractivity (Wildman–Crippen MR) is 86.0 cm³/mol. The van der Waals surface area contributed by atoms with Crippen LogP contribution in [0.1, 0.15) is 33.1 Å². The van der Waals surface area contributed by atoms with Crippen molar-refractivity contribution in [2.24, 2.45) is 0 Å². The van der Waals surface area contributed by atoms with E-state index in [1.807, 2.05) is 20.8 Å². The van der Waals surface area contributed by atoms with Crippen LogP contribution in [-0.2, 0) is 15.4 Å². The van der Waals surface area contributed by atoms with E-state index >= 15 is 0 Å². The molecule has 1 aromatic heterocycles. The molecular formula is C15H18ClFN2O3S. The third-order valence-corrected chi connectivity index (χ3v) is 6.16. The number of hydrogen-bond acceptors (Lipinski definition) is 4. The minimum absolute atomic E-state index is 0.0522. The number of alkyl halides is 1. The summed E-state index contributed by atoms with van der Waals surface area (Å²) in [6.07, 6.45) is -0.959. The summed E-state index contributed by atoms with van der Waals surface area (Å²) in [5, 5.41) is 0.0522.